The molecule has 1 N–H and O–H groups in total. The van der Waals surface area contributed by atoms with Crippen molar-refractivity contribution in [3.63, 3.8) is 0 Å². The van der Waals surface area contributed by atoms with Crippen LogP contribution in [0.15, 0.2) is 36.4 Å². The molecule has 22 heavy (non-hydrogen) atoms. The van der Waals surface area contributed by atoms with Crippen LogP contribution in [0.4, 0.5) is 0 Å². The molecule has 0 bridgehead atoms. The monoisotopic (exact) mass is 300 g/mol. The number of esters is 1. The molecule has 0 unspecified atom stereocenters. The average molecular weight is 300 g/mol. The highest BCUT2D eigenvalue weighted by Gasteiger charge is 2.53. The van der Waals surface area contributed by atoms with E-state index in [9.17, 15) is 14.7 Å². The van der Waals surface area contributed by atoms with Crippen molar-refractivity contribution in [3.05, 3.63) is 47.5 Å². The molecule has 114 valence electrons. The Morgan fingerprint density at radius 3 is 2.50 bits per heavy atom. The second kappa shape index (κ2) is 5.10. The van der Waals surface area contributed by atoms with E-state index in [1.807, 2.05) is 31.2 Å². The number of benzene rings is 2. The van der Waals surface area contributed by atoms with E-state index in [0.29, 0.717) is 5.56 Å². The quantitative estimate of drug-likeness (QED) is 0.693. The van der Waals surface area contributed by atoms with Gasteiger partial charge in [-0.05, 0) is 36.2 Å². The molecule has 2 aromatic rings. The largest absolute Gasteiger partial charge is 0.478 e. The Bertz CT molecular complexity index is 761. The summed E-state index contributed by atoms with van der Waals surface area (Å²) in [5.74, 6) is -1.86. The third-order valence-corrected chi connectivity index (χ3v) is 3.96. The summed E-state index contributed by atoms with van der Waals surface area (Å²) in [6.07, 6.45) is -1.31. The van der Waals surface area contributed by atoms with Crippen molar-refractivity contribution in [2.24, 2.45) is 0 Å². The number of fused-ring (bicyclic) bond motifs is 1. The molecule has 5 heteroatoms. The molecular formula is C17H16O5. The zero-order chi connectivity index (χ0) is 15.9. The Kier molecular flexibility index (Phi) is 3.37. The van der Waals surface area contributed by atoms with Crippen molar-refractivity contribution in [2.45, 2.75) is 25.6 Å². The van der Waals surface area contributed by atoms with E-state index in [0.717, 1.165) is 16.3 Å². The van der Waals surface area contributed by atoms with E-state index in [1.165, 1.54) is 0 Å². The summed E-state index contributed by atoms with van der Waals surface area (Å²) in [5, 5.41) is 10.9. The molecule has 0 aliphatic carbocycles. The van der Waals surface area contributed by atoms with Gasteiger partial charge < -0.3 is 14.6 Å². The van der Waals surface area contributed by atoms with Crippen LogP contribution in [0.3, 0.4) is 0 Å². The Morgan fingerprint density at radius 1 is 1.23 bits per heavy atom. The SMILES string of the molecule is Cc1cccc2c(C(=O)O[C@H](C(=O)O)[C@]3(C)CO3)cccc12. The summed E-state index contributed by atoms with van der Waals surface area (Å²) in [5.41, 5.74) is 0.471. The summed E-state index contributed by atoms with van der Waals surface area (Å²) in [4.78, 5) is 23.7. The first-order valence-electron chi connectivity index (χ1n) is 6.98. The Labute approximate surface area is 127 Å². The van der Waals surface area contributed by atoms with Gasteiger partial charge in [-0.25, -0.2) is 9.59 Å². The van der Waals surface area contributed by atoms with E-state index in [1.54, 1.807) is 19.1 Å². The van der Waals surface area contributed by atoms with Crippen LogP contribution in [0.2, 0.25) is 0 Å². The van der Waals surface area contributed by atoms with Crippen molar-refractivity contribution in [3.8, 4) is 0 Å². The first-order chi connectivity index (χ1) is 10.4. The molecule has 1 heterocycles. The maximum atomic E-state index is 12.4. The second-order valence-corrected chi connectivity index (χ2v) is 5.70. The number of carbonyl (C=O) groups is 2. The molecule has 0 radical (unpaired) electrons. The van der Waals surface area contributed by atoms with Gasteiger partial charge >= 0.3 is 11.9 Å². The Hall–Kier alpha value is -2.40. The smallest absolute Gasteiger partial charge is 0.348 e. The molecule has 1 aliphatic rings. The molecule has 0 saturated carbocycles. The number of aliphatic carboxylic acids is 1. The topological polar surface area (TPSA) is 76.1 Å². The molecule has 3 rings (SSSR count). The van der Waals surface area contributed by atoms with Crippen LogP contribution in [0, 0.1) is 6.92 Å². The highest BCUT2D eigenvalue weighted by molar-refractivity contribution is 6.05. The van der Waals surface area contributed by atoms with Gasteiger partial charge in [0.15, 0.2) is 0 Å². The molecule has 0 spiro atoms. The molecule has 2 aromatic carbocycles. The van der Waals surface area contributed by atoms with Gasteiger partial charge in [0, 0.05) is 0 Å². The number of hydrogen-bond acceptors (Lipinski definition) is 4. The van der Waals surface area contributed by atoms with Crippen molar-refractivity contribution in [2.75, 3.05) is 6.61 Å². The first-order valence-corrected chi connectivity index (χ1v) is 6.98. The highest BCUT2D eigenvalue weighted by atomic mass is 16.6. The first kappa shape index (κ1) is 14.5. The lowest BCUT2D eigenvalue weighted by Crippen LogP contribution is -2.39. The van der Waals surface area contributed by atoms with Gasteiger partial charge in [0.25, 0.3) is 0 Å². The third kappa shape index (κ3) is 2.44. The molecule has 2 atom stereocenters. The standard InChI is InChI=1S/C17H16O5/c1-10-5-3-7-12-11(10)6-4-8-13(12)16(20)22-14(15(18)19)17(2)9-21-17/h3-8,14H,9H2,1-2H3,(H,18,19)/t14-,17+/m1/s1. The highest BCUT2D eigenvalue weighted by Crippen LogP contribution is 2.33. The van der Waals surface area contributed by atoms with E-state index in [2.05, 4.69) is 0 Å². The molecule has 0 amide bonds. The molecule has 1 fully saturated rings. The normalized spacial score (nSPS) is 21.4. The van der Waals surface area contributed by atoms with Crippen molar-refractivity contribution in [1.29, 1.82) is 0 Å². The molecule has 5 nitrogen and oxygen atoms in total. The number of epoxide rings is 1. The molecule has 0 aromatic heterocycles. The fourth-order valence-electron chi connectivity index (χ4n) is 2.52. The van der Waals surface area contributed by atoms with Gasteiger partial charge in [0.05, 0.1) is 12.2 Å². The van der Waals surface area contributed by atoms with E-state index >= 15 is 0 Å². The summed E-state index contributed by atoms with van der Waals surface area (Å²) < 4.78 is 10.3. The van der Waals surface area contributed by atoms with Crippen LogP contribution in [-0.4, -0.2) is 35.4 Å². The van der Waals surface area contributed by atoms with Gasteiger partial charge in [0.2, 0.25) is 6.10 Å². The van der Waals surface area contributed by atoms with Crippen LogP contribution >= 0.6 is 0 Å². The fourth-order valence-corrected chi connectivity index (χ4v) is 2.52. The molecular weight excluding hydrogens is 284 g/mol. The van der Waals surface area contributed by atoms with Gasteiger partial charge in [0.1, 0.15) is 5.60 Å². The lowest BCUT2D eigenvalue weighted by Gasteiger charge is -2.17. The maximum Gasteiger partial charge on any atom is 0.348 e. The van der Waals surface area contributed by atoms with Crippen LogP contribution in [-0.2, 0) is 14.3 Å². The van der Waals surface area contributed by atoms with E-state index < -0.39 is 23.6 Å². The van der Waals surface area contributed by atoms with Crippen molar-refractivity contribution < 1.29 is 24.2 Å². The number of carboxylic acids is 1. The fraction of sp³-hybridized carbons (Fsp3) is 0.294. The van der Waals surface area contributed by atoms with Gasteiger partial charge in [-0.2, -0.15) is 0 Å². The lowest BCUT2D eigenvalue weighted by molar-refractivity contribution is -0.150. The van der Waals surface area contributed by atoms with Gasteiger partial charge in [-0.3, -0.25) is 0 Å². The summed E-state index contributed by atoms with van der Waals surface area (Å²) in [6.45, 7) is 3.84. The maximum absolute atomic E-state index is 12.4. The molecule has 1 saturated heterocycles. The zero-order valence-electron chi connectivity index (χ0n) is 12.3. The minimum absolute atomic E-state index is 0.270. The van der Waals surface area contributed by atoms with Gasteiger partial charge in [-0.1, -0.05) is 30.3 Å². The van der Waals surface area contributed by atoms with E-state index in [4.69, 9.17) is 9.47 Å². The second-order valence-electron chi connectivity index (χ2n) is 5.70. The Balaban J connectivity index is 1.96. The zero-order valence-corrected chi connectivity index (χ0v) is 12.3. The number of carbonyl (C=O) groups excluding carboxylic acids is 1. The summed E-state index contributed by atoms with van der Waals surface area (Å²) in [7, 11) is 0. The Morgan fingerprint density at radius 2 is 1.86 bits per heavy atom. The minimum Gasteiger partial charge on any atom is -0.478 e. The van der Waals surface area contributed by atoms with Gasteiger partial charge in [-0.15, -0.1) is 0 Å². The number of ether oxygens (including phenoxy) is 2. The molecule has 1 aliphatic heterocycles. The number of aryl methyl sites for hydroxylation is 1. The number of carboxylic acid groups (broad SMARTS) is 1. The van der Waals surface area contributed by atoms with Crippen LogP contribution < -0.4 is 0 Å². The van der Waals surface area contributed by atoms with Crippen LogP contribution in [0.5, 0.6) is 0 Å². The number of rotatable bonds is 4. The van der Waals surface area contributed by atoms with Crippen LogP contribution in [0.1, 0.15) is 22.8 Å². The number of hydrogen-bond donors (Lipinski definition) is 1. The predicted molar refractivity (Wildman–Crippen MR) is 79.9 cm³/mol. The lowest BCUT2D eigenvalue weighted by atomic mass is 10.0. The minimum atomic E-state index is -1.31. The van der Waals surface area contributed by atoms with Crippen molar-refractivity contribution >= 4 is 22.7 Å². The third-order valence-electron chi connectivity index (χ3n) is 3.96. The predicted octanol–water partition coefficient (Wildman–Crippen LogP) is 2.55. The van der Waals surface area contributed by atoms with Crippen LogP contribution in [0.25, 0.3) is 10.8 Å². The van der Waals surface area contributed by atoms with Crippen molar-refractivity contribution in [1.82, 2.24) is 0 Å². The average Bonchev–Trinajstić information content (AvgIpc) is 3.23. The summed E-state index contributed by atoms with van der Waals surface area (Å²) in [6, 6.07) is 11.0. The van der Waals surface area contributed by atoms with E-state index in [-0.39, 0.29) is 6.61 Å². The summed E-state index contributed by atoms with van der Waals surface area (Å²) >= 11 is 0.